The summed E-state index contributed by atoms with van der Waals surface area (Å²) in [5, 5.41) is 0. The van der Waals surface area contributed by atoms with E-state index in [4.69, 9.17) is 4.74 Å². The molecule has 5 rings (SSSR count). The van der Waals surface area contributed by atoms with Crippen molar-refractivity contribution < 1.29 is 4.74 Å². The zero-order valence-electron chi connectivity index (χ0n) is 10.8. The van der Waals surface area contributed by atoms with Crippen LogP contribution >= 0.6 is 0 Å². The fraction of sp³-hybridized carbons (Fsp3) is 0.688. The minimum absolute atomic E-state index is 0.492. The van der Waals surface area contributed by atoms with Gasteiger partial charge in [0.2, 0.25) is 5.88 Å². The molecule has 4 fully saturated rings. The molecule has 96 valence electrons. The van der Waals surface area contributed by atoms with E-state index in [2.05, 4.69) is 4.98 Å². The van der Waals surface area contributed by atoms with Crippen LogP contribution in [0.15, 0.2) is 24.4 Å². The lowest BCUT2D eigenvalue weighted by Crippen LogP contribution is -2.48. The second kappa shape index (κ2) is 3.97. The molecule has 1 aromatic heterocycles. The number of ether oxygens (including phenoxy) is 1. The van der Waals surface area contributed by atoms with Crippen LogP contribution in [-0.2, 0) is 0 Å². The van der Waals surface area contributed by atoms with Crippen LogP contribution in [0.3, 0.4) is 0 Å². The van der Waals surface area contributed by atoms with Crippen LogP contribution in [-0.4, -0.2) is 11.6 Å². The van der Waals surface area contributed by atoms with Crippen molar-refractivity contribution in [2.24, 2.45) is 23.2 Å². The Morgan fingerprint density at radius 3 is 2.28 bits per heavy atom. The summed E-state index contributed by atoms with van der Waals surface area (Å²) in [5.41, 5.74) is 0.492. The lowest BCUT2D eigenvalue weighted by Gasteiger charge is -2.56. The Labute approximate surface area is 109 Å². The maximum atomic E-state index is 5.98. The molecule has 2 heteroatoms. The molecule has 0 N–H and O–H groups in total. The summed E-state index contributed by atoms with van der Waals surface area (Å²) >= 11 is 0. The molecular formula is C16H21NO. The Balaban J connectivity index is 1.48. The minimum atomic E-state index is 0.492. The zero-order valence-corrected chi connectivity index (χ0v) is 10.8. The molecule has 1 heterocycles. The molecule has 0 atom stereocenters. The zero-order chi connectivity index (χ0) is 12.0. The fourth-order valence-electron chi connectivity index (χ4n) is 5.13. The van der Waals surface area contributed by atoms with Crippen LogP contribution in [0.25, 0.3) is 0 Å². The summed E-state index contributed by atoms with van der Waals surface area (Å²) < 4.78 is 5.98. The van der Waals surface area contributed by atoms with Gasteiger partial charge in [-0.1, -0.05) is 6.07 Å². The van der Waals surface area contributed by atoms with Crippen molar-refractivity contribution in [3.05, 3.63) is 24.4 Å². The van der Waals surface area contributed by atoms with E-state index in [9.17, 15) is 0 Å². The maximum absolute atomic E-state index is 5.98. The highest BCUT2D eigenvalue weighted by atomic mass is 16.5. The number of nitrogens with zero attached hydrogens (tertiary/aromatic N) is 1. The van der Waals surface area contributed by atoms with Gasteiger partial charge in [-0.05, 0) is 62.3 Å². The first-order valence-electron chi connectivity index (χ1n) is 7.35. The van der Waals surface area contributed by atoms with Crippen LogP contribution in [0.4, 0.5) is 0 Å². The molecular weight excluding hydrogens is 222 g/mol. The Morgan fingerprint density at radius 2 is 1.72 bits per heavy atom. The molecule has 18 heavy (non-hydrogen) atoms. The molecule has 0 unspecified atom stereocenters. The highest BCUT2D eigenvalue weighted by molar-refractivity contribution is 5.10. The molecule has 2 nitrogen and oxygen atoms in total. The predicted octanol–water partition coefficient (Wildman–Crippen LogP) is 3.68. The van der Waals surface area contributed by atoms with Crippen molar-refractivity contribution >= 4 is 0 Å². The topological polar surface area (TPSA) is 22.1 Å². The molecule has 4 aliphatic carbocycles. The number of hydrogen-bond donors (Lipinski definition) is 0. The van der Waals surface area contributed by atoms with E-state index in [1.165, 1.54) is 38.5 Å². The van der Waals surface area contributed by atoms with Gasteiger partial charge in [-0.2, -0.15) is 0 Å². The van der Waals surface area contributed by atoms with E-state index in [0.29, 0.717) is 5.41 Å². The van der Waals surface area contributed by atoms with Gasteiger partial charge in [0.05, 0.1) is 6.61 Å². The first-order chi connectivity index (χ1) is 8.81. The Bertz CT molecular complexity index is 393. The predicted molar refractivity (Wildman–Crippen MR) is 70.3 cm³/mol. The van der Waals surface area contributed by atoms with Crippen molar-refractivity contribution in [2.45, 2.75) is 38.5 Å². The summed E-state index contributed by atoms with van der Waals surface area (Å²) in [6.07, 6.45) is 10.5. The second-order valence-electron chi connectivity index (χ2n) is 6.87. The van der Waals surface area contributed by atoms with Crippen LogP contribution in [0.5, 0.6) is 5.88 Å². The molecule has 0 spiro atoms. The average molecular weight is 243 g/mol. The van der Waals surface area contributed by atoms with Crippen molar-refractivity contribution in [3.8, 4) is 5.88 Å². The van der Waals surface area contributed by atoms with Gasteiger partial charge in [0.25, 0.3) is 0 Å². The van der Waals surface area contributed by atoms with Gasteiger partial charge in [0.1, 0.15) is 0 Å². The van der Waals surface area contributed by atoms with Gasteiger partial charge in [0.15, 0.2) is 0 Å². The van der Waals surface area contributed by atoms with Gasteiger partial charge in [0, 0.05) is 17.7 Å². The van der Waals surface area contributed by atoms with E-state index in [1.807, 2.05) is 24.4 Å². The number of rotatable bonds is 3. The van der Waals surface area contributed by atoms with E-state index >= 15 is 0 Å². The molecule has 4 saturated carbocycles. The average Bonchev–Trinajstić information content (AvgIpc) is 2.36. The summed E-state index contributed by atoms with van der Waals surface area (Å²) in [7, 11) is 0. The van der Waals surface area contributed by atoms with E-state index in [-0.39, 0.29) is 0 Å². The molecule has 4 bridgehead atoms. The summed E-state index contributed by atoms with van der Waals surface area (Å²) in [4.78, 5) is 4.27. The first kappa shape index (κ1) is 10.8. The third-order valence-corrected chi connectivity index (χ3v) is 5.33. The van der Waals surface area contributed by atoms with Gasteiger partial charge in [-0.25, -0.2) is 4.98 Å². The minimum Gasteiger partial charge on any atom is -0.477 e. The SMILES string of the molecule is c1ccc(OCC23CC4CC(CC(C4)C2)C3)nc1. The quantitative estimate of drug-likeness (QED) is 0.808. The molecule has 0 radical (unpaired) electrons. The Morgan fingerprint density at radius 1 is 1.06 bits per heavy atom. The van der Waals surface area contributed by atoms with E-state index in [0.717, 1.165) is 30.2 Å². The largest absolute Gasteiger partial charge is 0.477 e. The Kier molecular flexibility index (Phi) is 2.39. The van der Waals surface area contributed by atoms with Crippen molar-refractivity contribution in [3.63, 3.8) is 0 Å². The maximum Gasteiger partial charge on any atom is 0.213 e. The first-order valence-corrected chi connectivity index (χ1v) is 7.35. The molecule has 0 aliphatic heterocycles. The van der Waals surface area contributed by atoms with E-state index < -0.39 is 0 Å². The summed E-state index contributed by atoms with van der Waals surface area (Å²) in [6, 6.07) is 5.92. The van der Waals surface area contributed by atoms with Gasteiger partial charge in [-0.3, -0.25) is 0 Å². The van der Waals surface area contributed by atoms with Crippen LogP contribution in [0.1, 0.15) is 38.5 Å². The van der Waals surface area contributed by atoms with Crippen molar-refractivity contribution in [1.82, 2.24) is 4.98 Å². The van der Waals surface area contributed by atoms with Crippen LogP contribution in [0, 0.1) is 23.2 Å². The highest BCUT2D eigenvalue weighted by Gasteiger charge is 2.51. The van der Waals surface area contributed by atoms with Gasteiger partial charge >= 0.3 is 0 Å². The molecule has 0 aromatic carbocycles. The molecule has 0 saturated heterocycles. The highest BCUT2D eigenvalue weighted by Crippen LogP contribution is 2.59. The fourth-order valence-corrected chi connectivity index (χ4v) is 5.13. The lowest BCUT2D eigenvalue weighted by atomic mass is 9.50. The van der Waals surface area contributed by atoms with Crippen LogP contribution < -0.4 is 4.74 Å². The van der Waals surface area contributed by atoms with Gasteiger partial charge in [-0.15, -0.1) is 0 Å². The third kappa shape index (κ3) is 1.82. The number of aromatic nitrogens is 1. The van der Waals surface area contributed by atoms with Crippen molar-refractivity contribution in [1.29, 1.82) is 0 Å². The summed E-state index contributed by atoms with van der Waals surface area (Å²) in [6.45, 7) is 0.896. The van der Waals surface area contributed by atoms with Gasteiger partial charge < -0.3 is 4.74 Å². The lowest BCUT2D eigenvalue weighted by molar-refractivity contribution is -0.0751. The summed E-state index contributed by atoms with van der Waals surface area (Å²) in [5.74, 6) is 3.81. The number of pyridine rings is 1. The Hall–Kier alpha value is -1.05. The van der Waals surface area contributed by atoms with Crippen LogP contribution in [0.2, 0.25) is 0 Å². The number of hydrogen-bond acceptors (Lipinski definition) is 2. The monoisotopic (exact) mass is 243 g/mol. The third-order valence-electron chi connectivity index (χ3n) is 5.33. The normalized spacial score (nSPS) is 41.0. The standard InChI is InChI=1S/C16H21NO/c1-2-4-17-15(3-1)18-11-16-8-12-5-13(9-16)7-14(6-12)10-16/h1-4,12-14H,5-11H2. The molecule has 4 aliphatic rings. The molecule has 0 amide bonds. The molecule has 1 aromatic rings. The smallest absolute Gasteiger partial charge is 0.213 e. The second-order valence-corrected chi connectivity index (χ2v) is 6.87. The van der Waals surface area contributed by atoms with E-state index in [1.54, 1.807) is 0 Å². The van der Waals surface area contributed by atoms with Crippen molar-refractivity contribution in [2.75, 3.05) is 6.61 Å².